The molecule has 6 heteroatoms. The number of hydrogen-bond donors (Lipinski definition) is 0. The third-order valence-electron chi connectivity index (χ3n) is 14.3. The maximum atomic E-state index is 15.2. The van der Waals surface area contributed by atoms with E-state index >= 15 is 9.59 Å². The highest BCUT2D eigenvalue weighted by Gasteiger charge is 2.31. The number of carbonyl (C=O) groups excluding carboxylic acids is 2. The van der Waals surface area contributed by atoms with Crippen molar-refractivity contribution in [3.8, 4) is 11.1 Å². The number of carbonyl (C=O) groups is 2. The molecule has 12 aromatic carbocycles. The highest BCUT2D eigenvalue weighted by molar-refractivity contribution is 7.80. The average Bonchev–Trinajstić information content (AvgIpc) is 3.59. The molecule has 0 aliphatic rings. The number of rotatable bonds is 15. The fourth-order valence-electron chi connectivity index (χ4n) is 10.7. The van der Waals surface area contributed by atoms with E-state index in [-0.39, 0.29) is 11.8 Å². The van der Waals surface area contributed by atoms with Gasteiger partial charge in [-0.15, -0.1) is 0 Å². The van der Waals surface area contributed by atoms with Gasteiger partial charge in [-0.2, -0.15) is 0 Å². The number of fused-ring (bicyclic) bond motifs is 2. The molecule has 0 spiro atoms. The molecule has 0 aliphatic carbocycles. The lowest BCUT2D eigenvalue weighted by atomic mass is 9.92. The molecule has 374 valence electrons. The Morgan fingerprint density at radius 1 is 0.269 bits per heavy atom. The first-order chi connectivity index (χ1) is 38.6. The molecule has 0 atom stereocenters. The molecule has 4 nitrogen and oxygen atoms in total. The summed E-state index contributed by atoms with van der Waals surface area (Å²) in [6.07, 6.45) is 0. The summed E-state index contributed by atoms with van der Waals surface area (Å²) in [5.74, 6) is -0.163. The van der Waals surface area contributed by atoms with Crippen LogP contribution in [-0.4, -0.2) is 11.8 Å². The molecule has 12 aromatic rings. The van der Waals surface area contributed by atoms with Crippen LogP contribution in [0.4, 0.5) is 11.4 Å². The van der Waals surface area contributed by atoms with Gasteiger partial charge < -0.3 is 9.80 Å². The minimum atomic E-state index is -1.20. The predicted molar refractivity (Wildman–Crippen MR) is 331 cm³/mol. The summed E-state index contributed by atoms with van der Waals surface area (Å²) in [6.45, 7) is 0.739. The zero-order valence-electron chi connectivity index (χ0n) is 42.9. The smallest absolute Gasteiger partial charge is 0.258 e. The van der Waals surface area contributed by atoms with E-state index in [4.69, 9.17) is 0 Å². The minimum Gasteiger partial charge on any atom is -0.303 e. The molecule has 0 aliphatic heterocycles. The van der Waals surface area contributed by atoms with Crippen LogP contribution < -0.4 is 41.6 Å². The molecule has 0 saturated carbocycles. The molecule has 0 heterocycles. The molecular weight excluding hydrogens is 987 g/mol. The fourth-order valence-corrected chi connectivity index (χ4v) is 15.7. The Morgan fingerprint density at radius 3 is 0.859 bits per heavy atom. The van der Waals surface area contributed by atoms with Gasteiger partial charge in [0, 0.05) is 21.9 Å². The second kappa shape index (κ2) is 23.1. The molecule has 0 bridgehead atoms. The van der Waals surface area contributed by atoms with Gasteiger partial charge in [-0.3, -0.25) is 9.59 Å². The van der Waals surface area contributed by atoms with Crippen LogP contribution in [0, 0.1) is 0 Å². The van der Waals surface area contributed by atoms with Crippen molar-refractivity contribution in [3.63, 3.8) is 0 Å². The van der Waals surface area contributed by atoms with Crippen molar-refractivity contribution in [3.05, 3.63) is 326 Å². The molecule has 78 heavy (non-hydrogen) atoms. The SMILES string of the molecule is O=C(c1ccccc1)N(Cc1ccccc1)c1cccc2c(-c3c(P(c4ccccc4)c4ccccc4)ccc4c(N(Cc5ccccc5)C(=O)c5ccccc5)cccc34)c(P(c3ccccc3)c3ccccc3)ccc12. The lowest BCUT2D eigenvalue weighted by molar-refractivity contribution is 0.0977. The van der Waals surface area contributed by atoms with Gasteiger partial charge in [-0.05, 0) is 117 Å². The Hall–Kier alpha value is -9.04. The standard InChI is InChI=1S/C72H54N2O2P2/c75-71(55-31-13-3-14-32-55)73(51-53-27-9-1-10-28-53)65-45-25-43-63-61(65)47-49-67(77(57-35-17-5-18-36-57)58-37-19-6-20-38-58)69(63)70-64-44-26-46-66(74(52-54-29-11-2-12-30-54)72(76)56-33-15-4-16-34-56)62(64)48-50-68(70)78(59-39-21-7-22-40-59)60-41-23-8-24-42-60/h1-50H,51-52H2. The molecule has 0 fully saturated rings. The first-order valence-corrected chi connectivity index (χ1v) is 29.0. The summed E-state index contributed by atoms with van der Waals surface area (Å²) in [4.78, 5) is 34.3. The molecule has 0 N–H and O–H groups in total. The zero-order chi connectivity index (χ0) is 52.6. The quantitative estimate of drug-likeness (QED) is 0.0960. The fraction of sp³-hybridized carbons (Fsp3) is 0.0278. The summed E-state index contributed by atoms with van der Waals surface area (Å²) in [7, 11) is -2.41. The van der Waals surface area contributed by atoms with Crippen LogP contribution >= 0.6 is 15.8 Å². The lowest BCUT2D eigenvalue weighted by Crippen LogP contribution is -2.31. The van der Waals surface area contributed by atoms with Gasteiger partial charge in [-0.25, -0.2) is 0 Å². The Morgan fingerprint density at radius 2 is 0.551 bits per heavy atom. The number of amides is 2. The van der Waals surface area contributed by atoms with Gasteiger partial charge in [0.25, 0.3) is 11.8 Å². The first-order valence-electron chi connectivity index (χ1n) is 26.3. The van der Waals surface area contributed by atoms with Gasteiger partial charge in [-0.1, -0.05) is 267 Å². The zero-order valence-corrected chi connectivity index (χ0v) is 44.7. The summed E-state index contributed by atoms with van der Waals surface area (Å²) in [5, 5.41) is 11.2. The predicted octanol–water partition coefficient (Wildman–Crippen LogP) is 14.9. The Kier molecular flexibility index (Phi) is 14.7. The van der Waals surface area contributed by atoms with Crippen LogP contribution in [0.1, 0.15) is 31.8 Å². The maximum absolute atomic E-state index is 15.2. The lowest BCUT2D eigenvalue weighted by Gasteiger charge is -2.31. The molecule has 0 radical (unpaired) electrons. The summed E-state index contributed by atoms with van der Waals surface area (Å²) < 4.78 is 0. The van der Waals surface area contributed by atoms with Gasteiger partial charge in [0.1, 0.15) is 0 Å². The third kappa shape index (κ3) is 10.2. The molecule has 0 aromatic heterocycles. The van der Waals surface area contributed by atoms with Crippen molar-refractivity contribution in [2.45, 2.75) is 13.1 Å². The summed E-state index contributed by atoms with van der Waals surface area (Å²) >= 11 is 0. The van der Waals surface area contributed by atoms with E-state index < -0.39 is 15.8 Å². The minimum absolute atomic E-state index is 0.0813. The first kappa shape index (κ1) is 49.8. The molecule has 0 unspecified atom stereocenters. The van der Waals surface area contributed by atoms with Gasteiger partial charge >= 0.3 is 0 Å². The maximum Gasteiger partial charge on any atom is 0.258 e. The Bertz CT molecular complexity index is 3660. The van der Waals surface area contributed by atoms with Crippen molar-refractivity contribution in [2.24, 2.45) is 0 Å². The normalized spacial score (nSPS) is 11.3. The molecule has 12 rings (SSSR count). The van der Waals surface area contributed by atoms with E-state index in [9.17, 15) is 0 Å². The molecular formula is C72H54N2O2P2. The second-order valence-corrected chi connectivity index (χ2v) is 23.5. The number of hydrogen-bond acceptors (Lipinski definition) is 2. The monoisotopic (exact) mass is 1040 g/mol. The number of benzene rings is 12. The Labute approximate surface area is 459 Å². The van der Waals surface area contributed by atoms with Crippen LogP contribution in [0.15, 0.2) is 303 Å². The van der Waals surface area contributed by atoms with E-state index in [0.29, 0.717) is 24.2 Å². The number of anilines is 2. The second-order valence-electron chi connectivity index (χ2n) is 19.2. The van der Waals surface area contributed by atoms with Gasteiger partial charge in [0.2, 0.25) is 0 Å². The average molecular weight is 1040 g/mol. The van der Waals surface area contributed by atoms with Crippen molar-refractivity contribution in [2.75, 3.05) is 9.80 Å². The van der Waals surface area contributed by atoms with Crippen LogP contribution in [0.2, 0.25) is 0 Å². The van der Waals surface area contributed by atoms with Crippen molar-refractivity contribution in [1.29, 1.82) is 0 Å². The molecule has 2 amide bonds. The van der Waals surface area contributed by atoms with Crippen LogP contribution in [0.3, 0.4) is 0 Å². The topological polar surface area (TPSA) is 40.6 Å². The summed E-state index contributed by atoms with van der Waals surface area (Å²) in [6, 6.07) is 106. The van der Waals surface area contributed by atoms with E-state index in [1.165, 1.54) is 31.8 Å². The Balaban J connectivity index is 1.22. The third-order valence-corrected chi connectivity index (χ3v) is 19.3. The highest BCUT2D eigenvalue weighted by Crippen LogP contribution is 2.48. The van der Waals surface area contributed by atoms with E-state index in [1.807, 2.05) is 107 Å². The van der Waals surface area contributed by atoms with E-state index in [0.717, 1.165) is 55.2 Å². The molecule has 0 saturated heterocycles. The highest BCUT2D eigenvalue weighted by atomic mass is 31.1. The van der Waals surface area contributed by atoms with Crippen LogP contribution in [0.25, 0.3) is 32.7 Å². The number of nitrogens with zero attached hydrogens (tertiary/aromatic N) is 2. The van der Waals surface area contributed by atoms with E-state index in [1.54, 1.807) is 0 Å². The van der Waals surface area contributed by atoms with Gasteiger partial charge in [0.05, 0.1) is 24.5 Å². The summed E-state index contributed by atoms with van der Waals surface area (Å²) in [5.41, 5.74) is 7.12. The van der Waals surface area contributed by atoms with Crippen molar-refractivity contribution >= 4 is 92.4 Å². The van der Waals surface area contributed by atoms with Crippen LogP contribution in [0.5, 0.6) is 0 Å². The van der Waals surface area contributed by atoms with Crippen molar-refractivity contribution < 1.29 is 9.59 Å². The van der Waals surface area contributed by atoms with Crippen molar-refractivity contribution in [1.82, 2.24) is 0 Å². The van der Waals surface area contributed by atoms with Crippen LogP contribution in [-0.2, 0) is 13.1 Å². The van der Waals surface area contributed by atoms with E-state index in [2.05, 4.69) is 206 Å². The largest absolute Gasteiger partial charge is 0.303 e. The van der Waals surface area contributed by atoms with Gasteiger partial charge in [0.15, 0.2) is 0 Å².